The highest BCUT2D eigenvalue weighted by Gasteiger charge is 2.20. The van der Waals surface area contributed by atoms with Crippen molar-refractivity contribution in [2.24, 2.45) is 0 Å². The zero-order chi connectivity index (χ0) is 23.7. The Kier molecular flexibility index (Phi) is 5.44. The molecule has 0 bridgehead atoms. The molecule has 0 aliphatic rings. The maximum Gasteiger partial charge on any atom is 0.276 e. The van der Waals surface area contributed by atoms with Crippen LogP contribution >= 0.6 is 0 Å². The van der Waals surface area contributed by atoms with Gasteiger partial charge in [0, 0.05) is 23.5 Å². The molecule has 0 aliphatic heterocycles. The van der Waals surface area contributed by atoms with Gasteiger partial charge in [-0.25, -0.2) is 9.50 Å². The molecule has 3 aromatic heterocycles. The van der Waals surface area contributed by atoms with Crippen molar-refractivity contribution in [2.75, 3.05) is 0 Å². The topological polar surface area (TPSA) is 101 Å². The second kappa shape index (κ2) is 8.71. The molecule has 0 fully saturated rings. The zero-order valence-corrected chi connectivity index (χ0v) is 18.8. The lowest BCUT2D eigenvalue weighted by molar-refractivity contribution is 0.482. The van der Waals surface area contributed by atoms with E-state index in [2.05, 4.69) is 21.3 Å². The maximum atomic E-state index is 13.1. The Labute approximate surface area is 195 Å². The van der Waals surface area contributed by atoms with E-state index in [1.807, 2.05) is 74.6 Å². The largest absolute Gasteiger partial charge is 0.457 e. The van der Waals surface area contributed by atoms with Gasteiger partial charge >= 0.3 is 0 Å². The number of nitrogens with one attached hydrogen (secondary N) is 1. The van der Waals surface area contributed by atoms with E-state index in [9.17, 15) is 10.1 Å². The summed E-state index contributed by atoms with van der Waals surface area (Å²) in [5.74, 6) is 1.49. The fourth-order valence-electron chi connectivity index (χ4n) is 3.90. The van der Waals surface area contributed by atoms with Crippen molar-refractivity contribution in [3.8, 4) is 28.8 Å². The van der Waals surface area contributed by atoms with Crippen LogP contribution in [0.15, 0.2) is 78.0 Å². The molecular formula is C26H22N6O2. The molecule has 1 N–H and O–H groups in total. The molecule has 5 aromatic rings. The number of ether oxygens (including phenoxy) is 1. The van der Waals surface area contributed by atoms with E-state index in [0.29, 0.717) is 29.0 Å². The molecule has 0 amide bonds. The normalized spacial score (nSPS) is 11.1. The molecule has 0 saturated carbocycles. The number of aromatic nitrogens is 5. The van der Waals surface area contributed by atoms with Crippen molar-refractivity contribution in [3.63, 3.8) is 0 Å². The number of fused-ring (bicyclic) bond motifs is 1. The molecule has 5 rings (SSSR count). The first-order valence-corrected chi connectivity index (χ1v) is 10.9. The van der Waals surface area contributed by atoms with Crippen LogP contribution in [0.25, 0.3) is 16.9 Å². The van der Waals surface area contributed by atoms with Crippen LogP contribution in [0.3, 0.4) is 0 Å². The first-order chi connectivity index (χ1) is 16.5. The first-order valence-electron chi connectivity index (χ1n) is 10.9. The highest BCUT2D eigenvalue weighted by atomic mass is 16.5. The van der Waals surface area contributed by atoms with Crippen LogP contribution in [0.2, 0.25) is 0 Å². The zero-order valence-electron chi connectivity index (χ0n) is 18.8. The summed E-state index contributed by atoms with van der Waals surface area (Å²) in [5.41, 5.74) is 3.34. The van der Waals surface area contributed by atoms with E-state index in [0.717, 1.165) is 22.6 Å². The van der Waals surface area contributed by atoms with Gasteiger partial charge in [-0.3, -0.25) is 14.6 Å². The number of aromatic amines is 1. The third-order valence-corrected chi connectivity index (χ3v) is 5.55. The molecule has 0 unspecified atom stereocenters. The summed E-state index contributed by atoms with van der Waals surface area (Å²) in [6, 6.07) is 19.6. The van der Waals surface area contributed by atoms with Crippen molar-refractivity contribution in [3.05, 3.63) is 100 Å². The van der Waals surface area contributed by atoms with Crippen LogP contribution in [0, 0.1) is 11.3 Å². The van der Waals surface area contributed by atoms with E-state index >= 15 is 0 Å². The Morgan fingerprint density at radius 2 is 1.82 bits per heavy atom. The summed E-state index contributed by atoms with van der Waals surface area (Å²) in [6.45, 7) is 4.45. The van der Waals surface area contributed by atoms with Gasteiger partial charge in [0.05, 0.1) is 18.4 Å². The fourth-order valence-corrected chi connectivity index (χ4v) is 3.90. The highest BCUT2D eigenvalue weighted by molar-refractivity contribution is 5.67. The summed E-state index contributed by atoms with van der Waals surface area (Å²) in [6.07, 6.45) is 5.07. The minimum atomic E-state index is -0.210. The van der Waals surface area contributed by atoms with Crippen LogP contribution in [0.5, 0.6) is 11.5 Å². The average Bonchev–Trinajstić information content (AvgIpc) is 3.47. The van der Waals surface area contributed by atoms with Gasteiger partial charge in [0.1, 0.15) is 23.1 Å². The van der Waals surface area contributed by atoms with Crippen molar-refractivity contribution < 1.29 is 4.74 Å². The van der Waals surface area contributed by atoms with Gasteiger partial charge < -0.3 is 4.74 Å². The maximum absolute atomic E-state index is 13.1. The summed E-state index contributed by atoms with van der Waals surface area (Å²) in [7, 11) is 0. The monoisotopic (exact) mass is 450 g/mol. The molecule has 168 valence electrons. The Morgan fingerprint density at radius 3 is 2.53 bits per heavy atom. The van der Waals surface area contributed by atoms with Crippen LogP contribution in [0.1, 0.15) is 36.5 Å². The third kappa shape index (κ3) is 3.95. The summed E-state index contributed by atoms with van der Waals surface area (Å²) < 4.78 is 8.98. The predicted octanol–water partition coefficient (Wildman–Crippen LogP) is 4.72. The van der Waals surface area contributed by atoms with Crippen LogP contribution < -0.4 is 10.3 Å². The third-order valence-electron chi connectivity index (χ3n) is 5.55. The molecule has 2 aromatic carbocycles. The Balaban J connectivity index is 1.42. The first kappa shape index (κ1) is 21.2. The second-order valence-corrected chi connectivity index (χ2v) is 8.28. The Bertz CT molecular complexity index is 1550. The van der Waals surface area contributed by atoms with Gasteiger partial charge in [0.15, 0.2) is 5.65 Å². The van der Waals surface area contributed by atoms with Gasteiger partial charge in [-0.15, -0.1) is 0 Å². The molecular weight excluding hydrogens is 428 g/mol. The van der Waals surface area contributed by atoms with Crippen LogP contribution in [-0.2, 0) is 6.54 Å². The SMILES string of the molecule is CC(C)c1c(-c2cnn(Cc3ccc(Oc4ccccc4)cc3)c2)nc2c(C#N)c[nH]n2c1=O. The number of nitrogens with zero attached hydrogens (tertiary/aromatic N) is 5. The smallest absolute Gasteiger partial charge is 0.276 e. The van der Waals surface area contributed by atoms with Crippen LogP contribution in [-0.4, -0.2) is 24.4 Å². The molecule has 3 heterocycles. The van der Waals surface area contributed by atoms with E-state index in [-0.39, 0.29) is 11.5 Å². The molecule has 34 heavy (non-hydrogen) atoms. The lowest BCUT2D eigenvalue weighted by Gasteiger charge is -2.10. The fraction of sp³-hybridized carbons (Fsp3) is 0.154. The lowest BCUT2D eigenvalue weighted by atomic mass is 10.00. The van der Waals surface area contributed by atoms with Crippen molar-refractivity contribution in [2.45, 2.75) is 26.3 Å². The molecule has 0 spiro atoms. The number of para-hydroxylation sites is 1. The minimum absolute atomic E-state index is 0.0544. The second-order valence-electron chi connectivity index (χ2n) is 8.28. The van der Waals surface area contributed by atoms with Crippen LogP contribution in [0.4, 0.5) is 0 Å². The standard InChI is InChI=1S/C26H22N6O2/c1-17(2)23-24(30-25-19(12-27)13-29-32(25)26(23)33)20-14-28-31(16-20)15-18-8-10-22(11-9-18)34-21-6-4-3-5-7-21/h3-11,13-14,16-17,29H,15H2,1-2H3. The molecule has 0 atom stereocenters. The predicted molar refractivity (Wildman–Crippen MR) is 128 cm³/mol. The van der Waals surface area contributed by atoms with Gasteiger partial charge in [-0.1, -0.05) is 44.2 Å². The van der Waals surface area contributed by atoms with E-state index in [1.54, 1.807) is 10.9 Å². The number of rotatable bonds is 6. The minimum Gasteiger partial charge on any atom is -0.457 e. The van der Waals surface area contributed by atoms with E-state index in [1.165, 1.54) is 10.7 Å². The molecule has 0 saturated heterocycles. The number of nitriles is 1. The number of benzene rings is 2. The van der Waals surface area contributed by atoms with Gasteiger partial charge in [-0.05, 0) is 35.7 Å². The van der Waals surface area contributed by atoms with Gasteiger partial charge in [-0.2, -0.15) is 10.4 Å². The highest BCUT2D eigenvalue weighted by Crippen LogP contribution is 2.26. The number of hydrogen-bond acceptors (Lipinski definition) is 5. The van der Waals surface area contributed by atoms with Gasteiger partial charge in [0.25, 0.3) is 5.56 Å². The molecule has 8 heteroatoms. The number of H-pyrrole nitrogens is 1. The van der Waals surface area contributed by atoms with Crippen molar-refractivity contribution in [1.82, 2.24) is 24.4 Å². The van der Waals surface area contributed by atoms with Crippen molar-refractivity contribution in [1.29, 1.82) is 5.26 Å². The Hall–Kier alpha value is -4.64. The van der Waals surface area contributed by atoms with Crippen molar-refractivity contribution >= 4 is 5.65 Å². The number of hydrogen-bond donors (Lipinski definition) is 1. The molecule has 0 radical (unpaired) electrons. The summed E-state index contributed by atoms with van der Waals surface area (Å²) in [4.78, 5) is 17.8. The summed E-state index contributed by atoms with van der Waals surface area (Å²) in [5, 5.41) is 16.7. The average molecular weight is 451 g/mol. The summed E-state index contributed by atoms with van der Waals surface area (Å²) >= 11 is 0. The van der Waals surface area contributed by atoms with E-state index in [4.69, 9.17) is 4.74 Å². The molecule has 8 nitrogen and oxygen atoms in total. The Morgan fingerprint density at radius 1 is 1.09 bits per heavy atom. The quantitative estimate of drug-likeness (QED) is 0.403. The van der Waals surface area contributed by atoms with Gasteiger partial charge in [0.2, 0.25) is 0 Å². The van der Waals surface area contributed by atoms with E-state index < -0.39 is 0 Å². The lowest BCUT2D eigenvalue weighted by Crippen LogP contribution is -2.22. The molecule has 0 aliphatic carbocycles.